The Kier molecular flexibility index (Phi) is 4.92. The van der Waals surface area contributed by atoms with Crippen LogP contribution < -0.4 is 11.3 Å². The van der Waals surface area contributed by atoms with Crippen molar-refractivity contribution in [3.63, 3.8) is 0 Å². The lowest BCUT2D eigenvalue weighted by atomic mass is 10.2. The van der Waals surface area contributed by atoms with Crippen molar-refractivity contribution in [2.75, 3.05) is 11.2 Å². The molecule has 0 amide bonds. The van der Waals surface area contributed by atoms with Crippen LogP contribution in [0.3, 0.4) is 0 Å². The first-order chi connectivity index (χ1) is 8.30. The predicted molar refractivity (Wildman–Crippen MR) is 71.1 cm³/mol. The van der Waals surface area contributed by atoms with Gasteiger partial charge < -0.3 is 4.74 Å². The Hall–Kier alpha value is -1.34. The Bertz CT molecular complexity index is 432. The topological polar surface area (TPSA) is 90.1 Å². The van der Waals surface area contributed by atoms with Crippen LogP contribution in [0, 0.1) is 6.92 Å². The first-order valence-corrected chi connectivity index (χ1v) is 6.45. The van der Waals surface area contributed by atoms with Gasteiger partial charge in [-0.1, -0.05) is 11.8 Å². The lowest BCUT2D eigenvalue weighted by Crippen LogP contribution is -2.25. The zero-order valence-electron chi connectivity index (χ0n) is 11.0. The van der Waals surface area contributed by atoms with Gasteiger partial charge in [-0.2, -0.15) is 0 Å². The molecule has 0 aliphatic rings. The standard InChI is InChI=1S/C11H18N4O2S/c1-7-5-8(14-10(13-7)15-12)18-6-9(16)17-11(2,3)4/h5H,6,12H2,1-4H3,(H,13,14,15). The van der Waals surface area contributed by atoms with Crippen molar-refractivity contribution < 1.29 is 9.53 Å². The van der Waals surface area contributed by atoms with Crippen LogP contribution in [-0.4, -0.2) is 27.3 Å². The first kappa shape index (κ1) is 14.7. The van der Waals surface area contributed by atoms with E-state index < -0.39 is 5.60 Å². The molecular formula is C11H18N4O2S. The normalized spacial score (nSPS) is 11.2. The molecule has 0 aromatic carbocycles. The number of thioether (sulfide) groups is 1. The molecule has 100 valence electrons. The molecule has 0 bridgehead atoms. The summed E-state index contributed by atoms with van der Waals surface area (Å²) in [4.78, 5) is 19.7. The maximum absolute atomic E-state index is 11.5. The number of hydrazine groups is 1. The molecule has 0 spiro atoms. The number of carbonyl (C=O) groups excluding carboxylic acids is 1. The van der Waals surface area contributed by atoms with Crippen LogP contribution in [0.1, 0.15) is 26.5 Å². The van der Waals surface area contributed by atoms with Gasteiger partial charge in [0.2, 0.25) is 5.95 Å². The van der Waals surface area contributed by atoms with Gasteiger partial charge in [0.05, 0.1) is 5.75 Å². The van der Waals surface area contributed by atoms with E-state index in [0.717, 1.165) is 5.69 Å². The van der Waals surface area contributed by atoms with Crippen LogP contribution in [0.5, 0.6) is 0 Å². The molecule has 0 aliphatic carbocycles. The smallest absolute Gasteiger partial charge is 0.316 e. The molecule has 0 atom stereocenters. The Labute approximate surface area is 111 Å². The van der Waals surface area contributed by atoms with Crippen molar-refractivity contribution in [2.24, 2.45) is 5.84 Å². The lowest BCUT2D eigenvalue weighted by Gasteiger charge is -2.19. The Balaban J connectivity index is 2.58. The summed E-state index contributed by atoms with van der Waals surface area (Å²) in [5.41, 5.74) is 2.70. The number of carbonyl (C=O) groups is 1. The minimum Gasteiger partial charge on any atom is -0.459 e. The third-order valence-electron chi connectivity index (χ3n) is 1.72. The molecule has 0 saturated heterocycles. The Morgan fingerprint density at radius 3 is 2.72 bits per heavy atom. The van der Waals surface area contributed by atoms with E-state index in [9.17, 15) is 4.79 Å². The van der Waals surface area contributed by atoms with Crippen LogP contribution in [0.25, 0.3) is 0 Å². The SMILES string of the molecule is Cc1cc(SCC(=O)OC(C)(C)C)nc(NN)n1. The summed E-state index contributed by atoms with van der Waals surface area (Å²) in [6.07, 6.45) is 0. The average Bonchev–Trinajstić information content (AvgIpc) is 2.23. The fourth-order valence-electron chi connectivity index (χ4n) is 1.18. The fourth-order valence-corrected chi connectivity index (χ4v) is 1.91. The molecule has 3 N–H and O–H groups in total. The van der Waals surface area contributed by atoms with Crippen LogP contribution >= 0.6 is 11.8 Å². The number of hydrogen-bond acceptors (Lipinski definition) is 7. The van der Waals surface area contributed by atoms with Gasteiger partial charge in [-0.15, -0.1) is 0 Å². The van der Waals surface area contributed by atoms with Crippen LogP contribution in [0.2, 0.25) is 0 Å². The highest BCUT2D eigenvalue weighted by atomic mass is 32.2. The van der Waals surface area contributed by atoms with Crippen molar-refractivity contribution in [3.8, 4) is 0 Å². The monoisotopic (exact) mass is 270 g/mol. The molecule has 0 radical (unpaired) electrons. The maximum Gasteiger partial charge on any atom is 0.316 e. The van der Waals surface area contributed by atoms with E-state index in [1.165, 1.54) is 11.8 Å². The molecular weight excluding hydrogens is 252 g/mol. The molecule has 1 aromatic rings. The average molecular weight is 270 g/mol. The fraction of sp³-hybridized carbons (Fsp3) is 0.545. The predicted octanol–water partition coefficient (Wildman–Crippen LogP) is 1.50. The molecule has 18 heavy (non-hydrogen) atoms. The number of anilines is 1. The number of nitrogen functional groups attached to an aromatic ring is 1. The van der Waals surface area contributed by atoms with Crippen LogP contribution in [0.4, 0.5) is 5.95 Å². The summed E-state index contributed by atoms with van der Waals surface area (Å²) in [6.45, 7) is 7.34. The van der Waals surface area contributed by atoms with E-state index in [2.05, 4.69) is 15.4 Å². The van der Waals surface area contributed by atoms with Gasteiger partial charge in [0, 0.05) is 5.69 Å². The zero-order chi connectivity index (χ0) is 13.8. The summed E-state index contributed by atoms with van der Waals surface area (Å²) in [6, 6.07) is 1.79. The maximum atomic E-state index is 11.5. The number of nitrogens with two attached hydrogens (primary N) is 1. The highest BCUT2D eigenvalue weighted by Gasteiger charge is 2.16. The summed E-state index contributed by atoms with van der Waals surface area (Å²) in [5.74, 6) is 5.52. The highest BCUT2D eigenvalue weighted by molar-refractivity contribution is 7.99. The molecule has 0 fully saturated rings. The third-order valence-corrected chi connectivity index (χ3v) is 2.60. The summed E-state index contributed by atoms with van der Waals surface area (Å²) in [5, 5.41) is 0.682. The van der Waals surface area contributed by atoms with Gasteiger partial charge in [0.25, 0.3) is 0 Å². The summed E-state index contributed by atoms with van der Waals surface area (Å²) >= 11 is 1.29. The Morgan fingerprint density at radius 2 is 2.17 bits per heavy atom. The van der Waals surface area contributed by atoms with Crippen LogP contribution in [0.15, 0.2) is 11.1 Å². The molecule has 0 aliphatic heterocycles. The third kappa shape index (κ3) is 5.33. The van der Waals surface area contributed by atoms with Gasteiger partial charge in [-0.05, 0) is 33.8 Å². The molecule has 0 saturated carbocycles. The van der Waals surface area contributed by atoms with Crippen molar-refractivity contribution in [1.29, 1.82) is 0 Å². The second kappa shape index (κ2) is 6.01. The number of hydrogen-bond donors (Lipinski definition) is 2. The van der Waals surface area contributed by atoms with E-state index in [4.69, 9.17) is 10.6 Å². The lowest BCUT2D eigenvalue weighted by molar-refractivity contribution is -0.151. The van der Waals surface area contributed by atoms with Gasteiger partial charge in [-0.3, -0.25) is 10.2 Å². The zero-order valence-corrected chi connectivity index (χ0v) is 11.8. The number of nitrogens with zero attached hydrogens (tertiary/aromatic N) is 2. The minimum atomic E-state index is -0.469. The summed E-state index contributed by atoms with van der Waals surface area (Å²) in [7, 11) is 0. The molecule has 1 aromatic heterocycles. The van der Waals surface area contributed by atoms with E-state index in [1.54, 1.807) is 6.07 Å². The van der Waals surface area contributed by atoms with E-state index in [-0.39, 0.29) is 11.7 Å². The number of nitrogens with one attached hydrogen (secondary N) is 1. The second-order valence-electron chi connectivity index (χ2n) is 4.69. The van der Waals surface area contributed by atoms with Crippen molar-refractivity contribution in [3.05, 3.63) is 11.8 Å². The molecule has 1 rings (SSSR count). The molecule has 1 heterocycles. The molecule has 6 nitrogen and oxygen atoms in total. The molecule has 0 unspecified atom stereocenters. The number of aromatic nitrogens is 2. The van der Waals surface area contributed by atoms with E-state index >= 15 is 0 Å². The quantitative estimate of drug-likeness (QED) is 0.282. The first-order valence-electron chi connectivity index (χ1n) is 5.47. The number of esters is 1. The van der Waals surface area contributed by atoms with E-state index in [1.807, 2.05) is 27.7 Å². The minimum absolute atomic E-state index is 0.206. The van der Waals surface area contributed by atoms with Gasteiger partial charge in [0.1, 0.15) is 10.6 Å². The largest absolute Gasteiger partial charge is 0.459 e. The Morgan fingerprint density at radius 1 is 1.50 bits per heavy atom. The van der Waals surface area contributed by atoms with E-state index in [0.29, 0.717) is 11.0 Å². The number of aryl methyl sites for hydroxylation is 1. The van der Waals surface area contributed by atoms with Gasteiger partial charge in [0.15, 0.2) is 0 Å². The highest BCUT2D eigenvalue weighted by Crippen LogP contribution is 2.19. The van der Waals surface area contributed by atoms with Gasteiger partial charge in [-0.25, -0.2) is 15.8 Å². The molecule has 7 heteroatoms. The van der Waals surface area contributed by atoms with Gasteiger partial charge >= 0.3 is 5.97 Å². The number of ether oxygens (including phenoxy) is 1. The van der Waals surface area contributed by atoms with Crippen LogP contribution in [-0.2, 0) is 9.53 Å². The number of rotatable bonds is 4. The van der Waals surface area contributed by atoms with Crippen molar-refractivity contribution >= 4 is 23.7 Å². The van der Waals surface area contributed by atoms with Crippen molar-refractivity contribution in [2.45, 2.75) is 38.3 Å². The second-order valence-corrected chi connectivity index (χ2v) is 5.69. The summed E-state index contributed by atoms with van der Waals surface area (Å²) < 4.78 is 5.20. The van der Waals surface area contributed by atoms with Crippen molar-refractivity contribution in [1.82, 2.24) is 9.97 Å².